The molecule has 0 aliphatic heterocycles. The van der Waals surface area contributed by atoms with E-state index in [-0.39, 0.29) is 24.8 Å². The van der Waals surface area contributed by atoms with E-state index in [1.807, 2.05) is 0 Å². The molecule has 0 aromatic heterocycles. The number of allylic oxidation sites excluding steroid dienone is 4. The zero-order valence-corrected chi connectivity index (χ0v) is 12.7. The van der Waals surface area contributed by atoms with E-state index < -0.39 is 0 Å². The Morgan fingerprint density at radius 1 is 1.00 bits per heavy atom. The molecule has 3 heteroatoms. The van der Waals surface area contributed by atoms with Gasteiger partial charge in [-0.05, 0) is 0 Å². The second kappa shape index (κ2) is 5.75. The molecule has 0 radical (unpaired) electrons. The molecule has 0 unspecified atom stereocenters. The third-order valence-corrected chi connectivity index (χ3v) is 4.00. The second-order valence-corrected chi connectivity index (χ2v) is 4.71. The van der Waals surface area contributed by atoms with E-state index in [0.29, 0.717) is 5.41 Å². The first-order valence-electron chi connectivity index (χ1n) is 4.46. The maximum Gasteiger partial charge on any atom is -0.147 e. The van der Waals surface area contributed by atoms with Gasteiger partial charge < -0.3 is 0 Å². The third-order valence-electron chi connectivity index (χ3n) is 3.45. The monoisotopic (exact) mass is 269 g/mol. The summed E-state index contributed by atoms with van der Waals surface area (Å²) in [5.74, 6) is 0. The van der Waals surface area contributed by atoms with Gasteiger partial charge in [0.15, 0.2) is 0 Å². The standard InChI is InChI=1S/C11H17.2ClH.Ti/c1-7-8(2)10(4)11(5,6)9(7)3;;;/h3H2,1-2,4-6H3;2*1H;. The molecule has 1 aliphatic carbocycles. The minimum absolute atomic E-state index is 0. The first-order chi connectivity index (χ1) is 5.42. The second-order valence-electron chi connectivity index (χ2n) is 4.16. The zero-order valence-electron chi connectivity index (χ0n) is 9.52. The minimum Gasteiger partial charge on any atom is -0.147 e. The molecule has 14 heavy (non-hydrogen) atoms. The van der Waals surface area contributed by atoms with E-state index in [9.17, 15) is 0 Å². The van der Waals surface area contributed by atoms with Crippen LogP contribution in [0.2, 0.25) is 4.73 Å². The summed E-state index contributed by atoms with van der Waals surface area (Å²) >= 11 is 2.26. The van der Waals surface area contributed by atoms with Gasteiger partial charge >= 0.3 is 87.5 Å². The maximum absolute atomic E-state index is 2.33. The average molecular weight is 270 g/mol. The summed E-state index contributed by atoms with van der Waals surface area (Å²) in [5.41, 5.74) is 6.54. The normalized spacial score (nSPS) is 19.1. The predicted molar refractivity (Wildman–Crippen MR) is 64.2 cm³/mol. The predicted octanol–water partition coefficient (Wildman–Crippen LogP) is 4.49. The Hall–Kier alpha value is 0.774. The summed E-state index contributed by atoms with van der Waals surface area (Å²) in [6, 6.07) is 0. The van der Waals surface area contributed by atoms with Crippen molar-refractivity contribution < 1.29 is 20.4 Å². The van der Waals surface area contributed by atoms with Crippen LogP contribution in [0.1, 0.15) is 34.6 Å². The summed E-state index contributed by atoms with van der Waals surface area (Å²) in [5, 5.41) is 0. The van der Waals surface area contributed by atoms with Gasteiger partial charge in [-0.25, -0.2) is 0 Å². The molecule has 0 N–H and O–H groups in total. The molecule has 0 saturated heterocycles. The van der Waals surface area contributed by atoms with Gasteiger partial charge in [0.05, 0.1) is 0 Å². The average Bonchev–Trinajstić information content (AvgIpc) is 2.13. The van der Waals surface area contributed by atoms with Gasteiger partial charge in [0.2, 0.25) is 0 Å². The molecule has 0 nitrogen and oxygen atoms in total. The maximum atomic E-state index is 2.33. The van der Waals surface area contributed by atoms with Crippen LogP contribution in [0.4, 0.5) is 0 Å². The van der Waals surface area contributed by atoms with Gasteiger partial charge in [-0.2, -0.15) is 0 Å². The van der Waals surface area contributed by atoms with Crippen LogP contribution in [0.25, 0.3) is 0 Å². The SMILES string of the molecule is CC1=C(C)C(C)(C)C([CH2][Ti])=C1C.Cl.Cl. The quantitative estimate of drug-likeness (QED) is 0.616. The van der Waals surface area contributed by atoms with E-state index in [1.165, 1.54) is 15.9 Å². The molecule has 1 aliphatic rings. The molecule has 0 saturated carbocycles. The Morgan fingerprint density at radius 2 is 1.43 bits per heavy atom. The molecule has 0 aromatic carbocycles. The smallest absolute Gasteiger partial charge is 0.147 e. The largest absolute Gasteiger partial charge is 0.147 e. The molecule has 0 atom stereocenters. The topological polar surface area (TPSA) is 0 Å². The van der Waals surface area contributed by atoms with Gasteiger partial charge in [0.1, 0.15) is 0 Å². The van der Waals surface area contributed by atoms with Gasteiger partial charge in [-0.3, -0.25) is 0 Å². The van der Waals surface area contributed by atoms with Crippen molar-refractivity contribution >= 4 is 24.8 Å². The van der Waals surface area contributed by atoms with Crippen LogP contribution in [0.15, 0.2) is 22.3 Å². The molecule has 0 heterocycles. The first kappa shape index (κ1) is 17.2. The van der Waals surface area contributed by atoms with E-state index >= 15 is 0 Å². The van der Waals surface area contributed by atoms with Crippen molar-refractivity contribution in [2.24, 2.45) is 5.41 Å². The first-order valence-corrected chi connectivity index (χ1v) is 5.56. The van der Waals surface area contributed by atoms with Gasteiger partial charge in [-0.1, -0.05) is 0 Å². The fourth-order valence-electron chi connectivity index (χ4n) is 2.02. The van der Waals surface area contributed by atoms with Crippen LogP contribution in [-0.2, 0) is 20.4 Å². The molecule has 0 bridgehead atoms. The summed E-state index contributed by atoms with van der Waals surface area (Å²) in [6.07, 6.45) is 0. The molecule has 0 fully saturated rings. The molecule has 0 aromatic rings. The minimum atomic E-state index is 0. The van der Waals surface area contributed by atoms with Crippen molar-refractivity contribution in [3.63, 3.8) is 0 Å². The number of rotatable bonds is 1. The van der Waals surface area contributed by atoms with Gasteiger partial charge in [0, 0.05) is 0 Å². The van der Waals surface area contributed by atoms with E-state index in [1.54, 1.807) is 11.1 Å². The van der Waals surface area contributed by atoms with E-state index in [4.69, 9.17) is 0 Å². The Kier molecular flexibility index (Phi) is 7.05. The van der Waals surface area contributed by atoms with Crippen LogP contribution in [0.3, 0.4) is 0 Å². The van der Waals surface area contributed by atoms with Crippen LogP contribution in [0.5, 0.6) is 0 Å². The van der Waals surface area contributed by atoms with Crippen molar-refractivity contribution in [1.29, 1.82) is 0 Å². The molecule has 0 amide bonds. The number of halogens is 2. The molecule has 1 rings (SSSR count). The van der Waals surface area contributed by atoms with Crippen LogP contribution in [-0.4, -0.2) is 0 Å². The third kappa shape index (κ3) is 2.47. The van der Waals surface area contributed by atoms with Crippen molar-refractivity contribution in [1.82, 2.24) is 0 Å². The summed E-state index contributed by atoms with van der Waals surface area (Å²) in [6.45, 7) is 11.4. The van der Waals surface area contributed by atoms with Crippen LogP contribution < -0.4 is 0 Å². The van der Waals surface area contributed by atoms with Crippen molar-refractivity contribution in [3.8, 4) is 0 Å². The molecule has 0 spiro atoms. The van der Waals surface area contributed by atoms with Crippen LogP contribution >= 0.6 is 24.8 Å². The van der Waals surface area contributed by atoms with Crippen molar-refractivity contribution in [2.45, 2.75) is 39.3 Å². The Labute approximate surface area is 112 Å². The summed E-state index contributed by atoms with van der Waals surface area (Å²) in [4.78, 5) is 0. The molecule has 81 valence electrons. The van der Waals surface area contributed by atoms with Crippen molar-refractivity contribution in [2.75, 3.05) is 0 Å². The fraction of sp³-hybridized carbons (Fsp3) is 0.636. The summed E-state index contributed by atoms with van der Waals surface area (Å²) < 4.78 is 1.19. The Balaban J connectivity index is 0. The zero-order chi connectivity index (χ0) is 9.52. The Bertz CT molecular complexity index is 275. The van der Waals surface area contributed by atoms with Crippen molar-refractivity contribution in [3.05, 3.63) is 22.3 Å². The number of hydrogen-bond donors (Lipinski definition) is 0. The molecular formula is C11H19Cl2Ti. The van der Waals surface area contributed by atoms with E-state index in [0.717, 1.165) is 0 Å². The van der Waals surface area contributed by atoms with Crippen LogP contribution in [0, 0.1) is 5.41 Å². The number of hydrogen-bond acceptors (Lipinski definition) is 0. The van der Waals surface area contributed by atoms with Gasteiger partial charge in [0.25, 0.3) is 0 Å². The van der Waals surface area contributed by atoms with Gasteiger partial charge in [-0.15, -0.1) is 24.8 Å². The fourth-order valence-corrected chi connectivity index (χ4v) is 3.13. The van der Waals surface area contributed by atoms with E-state index in [2.05, 4.69) is 55.1 Å². The summed E-state index contributed by atoms with van der Waals surface area (Å²) in [7, 11) is 0. The Morgan fingerprint density at radius 3 is 1.57 bits per heavy atom. The molecular weight excluding hydrogens is 251 g/mol.